The van der Waals surface area contributed by atoms with Crippen molar-refractivity contribution in [3.05, 3.63) is 12.3 Å². The van der Waals surface area contributed by atoms with Crippen LogP contribution in [0.2, 0.25) is 0 Å². The molecule has 112 valence electrons. The summed E-state index contributed by atoms with van der Waals surface area (Å²) in [7, 11) is 0. The van der Waals surface area contributed by atoms with Crippen molar-refractivity contribution in [2.75, 3.05) is 6.54 Å². The van der Waals surface area contributed by atoms with Crippen LogP contribution in [0.3, 0.4) is 0 Å². The molecule has 0 atom stereocenters. The molecule has 0 radical (unpaired) electrons. The lowest BCUT2D eigenvalue weighted by Gasteiger charge is -2.53. The first-order valence-corrected chi connectivity index (χ1v) is 7.56. The fraction of sp³-hybridized carbons (Fsp3) is 0.875. The summed E-state index contributed by atoms with van der Waals surface area (Å²) in [6, 6.07) is 0.571. The van der Waals surface area contributed by atoms with Crippen molar-refractivity contribution in [2.24, 2.45) is 0 Å². The van der Waals surface area contributed by atoms with Crippen LogP contribution in [0.25, 0.3) is 0 Å². The molecule has 19 heavy (non-hydrogen) atoms. The first kappa shape index (κ1) is 16.5. The van der Waals surface area contributed by atoms with Crippen LogP contribution in [0, 0.1) is 0 Å². The molecule has 0 aromatic rings. The number of hydrogen-bond donors (Lipinski definition) is 1. The molecule has 0 aromatic carbocycles. The van der Waals surface area contributed by atoms with Gasteiger partial charge in [0, 0.05) is 6.04 Å². The van der Waals surface area contributed by atoms with Crippen molar-refractivity contribution in [3.8, 4) is 0 Å². The van der Waals surface area contributed by atoms with Gasteiger partial charge in [0.1, 0.15) is 5.76 Å². The zero-order valence-electron chi connectivity index (χ0n) is 13.7. The van der Waals surface area contributed by atoms with Crippen LogP contribution < -0.4 is 5.32 Å². The molecule has 3 nitrogen and oxygen atoms in total. The molecule has 0 spiro atoms. The summed E-state index contributed by atoms with van der Waals surface area (Å²) in [5.74, 6) is 0.763. The van der Waals surface area contributed by atoms with Gasteiger partial charge in [0.25, 0.3) is 0 Å². The molecule has 1 aliphatic heterocycles. The van der Waals surface area contributed by atoms with E-state index in [-0.39, 0.29) is 11.1 Å². The van der Waals surface area contributed by atoms with Crippen molar-refractivity contribution in [3.63, 3.8) is 0 Å². The maximum absolute atomic E-state index is 5.91. The van der Waals surface area contributed by atoms with Gasteiger partial charge < -0.3 is 10.2 Å². The van der Waals surface area contributed by atoms with E-state index in [9.17, 15) is 0 Å². The summed E-state index contributed by atoms with van der Waals surface area (Å²) in [6.07, 6.45) is 4.71. The van der Waals surface area contributed by atoms with E-state index >= 15 is 0 Å². The Labute approximate surface area is 119 Å². The highest BCUT2D eigenvalue weighted by Gasteiger charge is 2.47. The lowest BCUT2D eigenvalue weighted by molar-refractivity contribution is -0.259. The van der Waals surface area contributed by atoms with Gasteiger partial charge in [-0.2, -0.15) is 0 Å². The number of piperidine rings is 1. The Morgan fingerprint density at radius 1 is 1.26 bits per heavy atom. The third kappa shape index (κ3) is 4.50. The minimum Gasteiger partial charge on any atom is -0.410 e. The molecule has 1 saturated heterocycles. The average Bonchev–Trinajstić information content (AvgIpc) is 2.23. The van der Waals surface area contributed by atoms with Crippen molar-refractivity contribution < 1.29 is 4.84 Å². The van der Waals surface area contributed by atoms with E-state index in [0.29, 0.717) is 6.04 Å². The first-order valence-electron chi connectivity index (χ1n) is 7.56. The predicted molar refractivity (Wildman–Crippen MR) is 81.8 cm³/mol. The largest absolute Gasteiger partial charge is 0.410 e. The Morgan fingerprint density at radius 2 is 1.79 bits per heavy atom. The molecule has 0 unspecified atom stereocenters. The molecule has 1 fully saturated rings. The smallest absolute Gasteiger partial charge is 0.114 e. The summed E-state index contributed by atoms with van der Waals surface area (Å²) in [6.45, 7) is 18.2. The number of rotatable bonds is 6. The molecule has 1 heterocycles. The average molecular weight is 268 g/mol. The molecule has 1 rings (SSSR count). The molecule has 3 heteroatoms. The number of allylic oxidation sites excluding steroid dienone is 1. The first-order chi connectivity index (χ1) is 8.69. The van der Waals surface area contributed by atoms with E-state index in [4.69, 9.17) is 4.84 Å². The van der Waals surface area contributed by atoms with Gasteiger partial charge in [-0.15, -0.1) is 5.06 Å². The molecule has 1 aliphatic rings. The lowest BCUT2D eigenvalue weighted by Crippen LogP contribution is -2.63. The molecular weight excluding hydrogens is 236 g/mol. The molecule has 0 aliphatic carbocycles. The third-order valence-corrected chi connectivity index (χ3v) is 3.80. The van der Waals surface area contributed by atoms with Crippen molar-refractivity contribution >= 4 is 0 Å². The van der Waals surface area contributed by atoms with E-state index in [1.54, 1.807) is 0 Å². The van der Waals surface area contributed by atoms with E-state index in [0.717, 1.165) is 25.1 Å². The Hall–Kier alpha value is -0.540. The standard InChI is InChI=1S/C16H32N2O/c1-8-9-10-17-14-11-15(4,5)18(19-13(2)3)16(6,7)12-14/h14,17H,2,8-12H2,1,3-7H3. The third-order valence-electron chi connectivity index (χ3n) is 3.80. The molecule has 1 N–H and O–H groups in total. The van der Waals surface area contributed by atoms with Gasteiger partial charge in [-0.1, -0.05) is 19.9 Å². The van der Waals surface area contributed by atoms with Gasteiger partial charge >= 0.3 is 0 Å². The lowest BCUT2D eigenvalue weighted by atomic mass is 9.79. The topological polar surface area (TPSA) is 24.5 Å². The van der Waals surface area contributed by atoms with Crippen LogP contribution in [0.15, 0.2) is 12.3 Å². The van der Waals surface area contributed by atoms with E-state index in [2.05, 4.69) is 51.6 Å². The summed E-state index contributed by atoms with van der Waals surface area (Å²) < 4.78 is 0. The van der Waals surface area contributed by atoms with Crippen molar-refractivity contribution in [1.29, 1.82) is 0 Å². The van der Waals surface area contributed by atoms with E-state index in [1.165, 1.54) is 12.8 Å². The fourth-order valence-corrected chi connectivity index (χ4v) is 3.29. The quantitative estimate of drug-likeness (QED) is 0.585. The van der Waals surface area contributed by atoms with Gasteiger partial charge in [0.15, 0.2) is 0 Å². The minimum atomic E-state index is 0.0184. The normalized spacial score (nSPS) is 23.3. The number of hydrogen-bond acceptors (Lipinski definition) is 3. The van der Waals surface area contributed by atoms with Crippen LogP contribution in [0.1, 0.15) is 67.2 Å². The maximum atomic E-state index is 5.91. The molecule has 0 aromatic heterocycles. The second-order valence-corrected chi connectivity index (χ2v) is 7.13. The molecule has 0 amide bonds. The van der Waals surface area contributed by atoms with Gasteiger partial charge in [0.2, 0.25) is 0 Å². The number of unbranched alkanes of at least 4 members (excludes halogenated alkanes) is 1. The van der Waals surface area contributed by atoms with Crippen LogP contribution in [0.5, 0.6) is 0 Å². The van der Waals surface area contributed by atoms with Crippen molar-refractivity contribution in [1.82, 2.24) is 10.4 Å². The highest BCUT2D eigenvalue weighted by molar-refractivity contribution is 5.00. The Kier molecular flexibility index (Phi) is 5.45. The highest BCUT2D eigenvalue weighted by atomic mass is 16.7. The Morgan fingerprint density at radius 3 is 2.21 bits per heavy atom. The fourth-order valence-electron chi connectivity index (χ4n) is 3.29. The molecular formula is C16H32N2O. The van der Waals surface area contributed by atoms with E-state index in [1.807, 2.05) is 6.92 Å². The SMILES string of the molecule is C=C(C)ON1C(C)(C)CC(NCCCC)CC1(C)C. The van der Waals surface area contributed by atoms with Gasteiger partial charge in [0.05, 0.1) is 11.1 Å². The summed E-state index contributed by atoms with van der Waals surface area (Å²) in [4.78, 5) is 5.91. The van der Waals surface area contributed by atoms with Crippen LogP contribution in [-0.4, -0.2) is 28.7 Å². The van der Waals surface area contributed by atoms with E-state index < -0.39 is 0 Å². The van der Waals surface area contributed by atoms with Gasteiger partial charge in [-0.25, -0.2) is 0 Å². The van der Waals surface area contributed by atoms with Gasteiger partial charge in [-0.3, -0.25) is 0 Å². The van der Waals surface area contributed by atoms with Gasteiger partial charge in [-0.05, 0) is 60.4 Å². The summed E-state index contributed by atoms with van der Waals surface area (Å²) in [5.41, 5.74) is 0.0369. The number of hydroxylamine groups is 2. The highest BCUT2D eigenvalue weighted by Crippen LogP contribution is 2.39. The number of nitrogens with zero attached hydrogens (tertiary/aromatic N) is 1. The second kappa shape index (κ2) is 6.27. The minimum absolute atomic E-state index is 0.0184. The molecule has 0 saturated carbocycles. The zero-order valence-corrected chi connectivity index (χ0v) is 13.7. The Balaban J connectivity index is 2.72. The number of nitrogens with one attached hydrogen (secondary N) is 1. The van der Waals surface area contributed by atoms with Crippen LogP contribution in [-0.2, 0) is 4.84 Å². The summed E-state index contributed by atoms with van der Waals surface area (Å²) >= 11 is 0. The second-order valence-electron chi connectivity index (χ2n) is 7.13. The maximum Gasteiger partial charge on any atom is 0.114 e. The zero-order chi connectivity index (χ0) is 14.7. The van der Waals surface area contributed by atoms with Crippen molar-refractivity contribution in [2.45, 2.75) is 84.3 Å². The monoisotopic (exact) mass is 268 g/mol. The molecule has 0 bridgehead atoms. The predicted octanol–water partition coefficient (Wildman–Crippen LogP) is 3.86. The summed E-state index contributed by atoms with van der Waals surface area (Å²) in [5, 5.41) is 5.84. The van der Waals surface area contributed by atoms with Crippen LogP contribution >= 0.6 is 0 Å². The van der Waals surface area contributed by atoms with Crippen LogP contribution in [0.4, 0.5) is 0 Å². The Bertz CT molecular complexity index is 292.